The van der Waals surface area contributed by atoms with Crippen LogP contribution in [0.15, 0.2) is 0 Å². The van der Waals surface area contributed by atoms with E-state index in [1.54, 1.807) is 14.0 Å². The van der Waals surface area contributed by atoms with Crippen LogP contribution >= 0.6 is 0 Å². The number of esters is 1. The Hall–Kier alpha value is -1.15. The maximum Gasteiger partial charge on any atom is 0.307 e. The number of sulfonamides is 1. The zero-order valence-electron chi connectivity index (χ0n) is 12.9. The van der Waals surface area contributed by atoms with Crippen molar-refractivity contribution in [2.75, 3.05) is 39.5 Å². The van der Waals surface area contributed by atoms with E-state index in [0.717, 1.165) is 0 Å². The fourth-order valence-corrected chi connectivity index (χ4v) is 3.22. The molecule has 1 aliphatic rings. The quantitative estimate of drug-likeness (QED) is 0.647. The minimum absolute atomic E-state index is 0.0348. The predicted molar refractivity (Wildman–Crippen MR) is 78.0 cm³/mol. The monoisotopic (exact) mass is 320 g/mol. The lowest BCUT2D eigenvalue weighted by Gasteiger charge is -2.31. The molecule has 0 aliphatic carbocycles. The highest BCUT2D eigenvalue weighted by atomic mass is 32.2. The molecule has 1 heterocycles. The fourth-order valence-electron chi connectivity index (χ4n) is 2.35. The van der Waals surface area contributed by atoms with E-state index in [0.29, 0.717) is 39.1 Å². The zero-order valence-corrected chi connectivity index (χ0v) is 13.7. The van der Waals surface area contributed by atoms with E-state index in [1.165, 1.54) is 15.5 Å². The number of amides is 1. The molecular weight excluding hydrogens is 296 g/mol. The maximum absolute atomic E-state index is 12.2. The van der Waals surface area contributed by atoms with Crippen LogP contribution in [-0.4, -0.2) is 69.0 Å². The van der Waals surface area contributed by atoms with Gasteiger partial charge in [0.15, 0.2) is 0 Å². The largest absolute Gasteiger partial charge is 0.466 e. The molecule has 7 nitrogen and oxygen atoms in total. The molecule has 0 aromatic heterocycles. The first-order valence-corrected chi connectivity index (χ1v) is 8.96. The summed E-state index contributed by atoms with van der Waals surface area (Å²) in [5.41, 5.74) is 0. The van der Waals surface area contributed by atoms with Crippen LogP contribution in [-0.2, 0) is 24.3 Å². The number of hydrogen-bond donors (Lipinski definition) is 0. The third-order valence-corrected chi connectivity index (χ3v) is 4.91. The lowest BCUT2D eigenvalue weighted by molar-refractivity contribution is -0.144. The highest BCUT2D eigenvalue weighted by Gasteiger charge is 2.30. The highest BCUT2D eigenvalue weighted by molar-refractivity contribution is 7.88. The van der Waals surface area contributed by atoms with Crippen LogP contribution in [0.2, 0.25) is 0 Å². The van der Waals surface area contributed by atoms with Gasteiger partial charge in [-0.1, -0.05) is 0 Å². The Morgan fingerprint density at radius 3 is 2.33 bits per heavy atom. The molecule has 0 atom stereocenters. The molecule has 0 radical (unpaired) electrons. The van der Waals surface area contributed by atoms with Gasteiger partial charge >= 0.3 is 5.97 Å². The average molecular weight is 320 g/mol. The van der Waals surface area contributed by atoms with Crippen LogP contribution < -0.4 is 0 Å². The lowest BCUT2D eigenvalue weighted by atomic mass is 9.96. The Labute approximate surface area is 126 Å². The molecule has 1 saturated heterocycles. The van der Waals surface area contributed by atoms with Gasteiger partial charge in [-0.05, 0) is 19.8 Å². The molecule has 1 fully saturated rings. The molecule has 0 aromatic carbocycles. The number of ether oxygens (including phenoxy) is 1. The van der Waals surface area contributed by atoms with Gasteiger partial charge in [0.2, 0.25) is 15.9 Å². The summed E-state index contributed by atoms with van der Waals surface area (Å²) < 4.78 is 29.0. The summed E-state index contributed by atoms with van der Waals surface area (Å²) in [6.45, 7) is 3.15. The topological polar surface area (TPSA) is 84.0 Å². The summed E-state index contributed by atoms with van der Waals surface area (Å²) in [5.74, 6) is -0.522. The molecule has 1 aliphatic heterocycles. The molecule has 0 unspecified atom stereocenters. The van der Waals surface area contributed by atoms with Gasteiger partial charge < -0.3 is 9.64 Å². The van der Waals surface area contributed by atoms with E-state index in [9.17, 15) is 18.0 Å². The normalized spacial score (nSPS) is 17.5. The number of nitrogens with zero attached hydrogens (tertiary/aromatic N) is 2. The second kappa shape index (κ2) is 7.74. The van der Waals surface area contributed by atoms with Crippen molar-refractivity contribution in [1.82, 2.24) is 9.21 Å². The standard InChI is InChI=1S/C13H24N2O5S/c1-4-20-12(16)7-8-14(2)13(17)11-5-9-15(10-6-11)21(3,18)19/h11H,4-10H2,1-3H3. The van der Waals surface area contributed by atoms with Crippen LogP contribution in [0.1, 0.15) is 26.2 Å². The molecule has 1 amide bonds. The van der Waals surface area contributed by atoms with Gasteiger partial charge in [-0.15, -0.1) is 0 Å². The summed E-state index contributed by atoms with van der Waals surface area (Å²) >= 11 is 0. The minimum atomic E-state index is -3.18. The summed E-state index contributed by atoms with van der Waals surface area (Å²) in [6.07, 6.45) is 2.41. The molecule has 0 saturated carbocycles. The van der Waals surface area contributed by atoms with Gasteiger partial charge in [0, 0.05) is 32.6 Å². The summed E-state index contributed by atoms with van der Waals surface area (Å²) in [4.78, 5) is 25.0. The number of carbonyl (C=O) groups is 2. The van der Waals surface area contributed by atoms with Crippen LogP contribution in [0.3, 0.4) is 0 Å². The minimum Gasteiger partial charge on any atom is -0.466 e. The fraction of sp³-hybridized carbons (Fsp3) is 0.846. The third-order valence-electron chi connectivity index (χ3n) is 3.61. The molecular formula is C13H24N2O5S. The molecule has 0 spiro atoms. The van der Waals surface area contributed by atoms with E-state index in [4.69, 9.17) is 4.74 Å². The molecule has 1 rings (SSSR count). The van der Waals surface area contributed by atoms with E-state index >= 15 is 0 Å². The van der Waals surface area contributed by atoms with Gasteiger partial charge in [-0.2, -0.15) is 0 Å². The van der Waals surface area contributed by atoms with Crippen molar-refractivity contribution < 1.29 is 22.7 Å². The molecule has 8 heteroatoms. The first kappa shape index (κ1) is 17.9. The highest BCUT2D eigenvalue weighted by Crippen LogP contribution is 2.21. The number of hydrogen-bond acceptors (Lipinski definition) is 5. The number of piperidine rings is 1. The van der Waals surface area contributed by atoms with Gasteiger partial charge in [-0.3, -0.25) is 9.59 Å². The van der Waals surface area contributed by atoms with Gasteiger partial charge in [0.25, 0.3) is 0 Å². The summed E-state index contributed by atoms with van der Waals surface area (Å²) in [6, 6.07) is 0. The Kier molecular flexibility index (Phi) is 6.60. The molecule has 0 bridgehead atoms. The van der Waals surface area contributed by atoms with Crippen molar-refractivity contribution in [1.29, 1.82) is 0 Å². The Bertz CT molecular complexity index is 469. The smallest absolute Gasteiger partial charge is 0.307 e. The van der Waals surface area contributed by atoms with Crippen LogP contribution in [0.4, 0.5) is 0 Å². The Morgan fingerprint density at radius 2 is 1.86 bits per heavy atom. The second-order valence-corrected chi connectivity index (χ2v) is 7.23. The molecule has 0 N–H and O–H groups in total. The number of rotatable bonds is 6. The van der Waals surface area contributed by atoms with Crippen molar-refractivity contribution in [3.63, 3.8) is 0 Å². The molecule has 122 valence electrons. The first-order valence-electron chi connectivity index (χ1n) is 7.11. The zero-order chi connectivity index (χ0) is 16.0. The number of carbonyl (C=O) groups excluding carboxylic acids is 2. The summed E-state index contributed by atoms with van der Waals surface area (Å²) in [7, 11) is -1.52. The first-order chi connectivity index (χ1) is 9.75. The summed E-state index contributed by atoms with van der Waals surface area (Å²) in [5, 5.41) is 0. The van der Waals surface area contributed by atoms with Gasteiger partial charge in [0.05, 0.1) is 19.3 Å². The second-order valence-electron chi connectivity index (χ2n) is 5.25. The van der Waals surface area contributed by atoms with Crippen molar-refractivity contribution >= 4 is 21.9 Å². The predicted octanol–water partition coefficient (Wildman–Crippen LogP) is 0.0696. The van der Waals surface area contributed by atoms with E-state index < -0.39 is 10.0 Å². The van der Waals surface area contributed by atoms with Crippen molar-refractivity contribution in [2.45, 2.75) is 26.2 Å². The van der Waals surface area contributed by atoms with E-state index in [-0.39, 0.29) is 24.2 Å². The SMILES string of the molecule is CCOC(=O)CCN(C)C(=O)C1CCN(S(C)(=O)=O)CC1. The van der Waals surface area contributed by atoms with Crippen LogP contribution in [0.5, 0.6) is 0 Å². The van der Waals surface area contributed by atoms with Gasteiger partial charge in [0.1, 0.15) is 0 Å². The van der Waals surface area contributed by atoms with Crippen LogP contribution in [0.25, 0.3) is 0 Å². The average Bonchev–Trinajstić information content (AvgIpc) is 2.43. The van der Waals surface area contributed by atoms with Crippen LogP contribution in [0, 0.1) is 5.92 Å². The molecule has 21 heavy (non-hydrogen) atoms. The Balaban J connectivity index is 2.41. The van der Waals surface area contributed by atoms with E-state index in [2.05, 4.69) is 0 Å². The third kappa shape index (κ3) is 5.62. The molecule has 0 aromatic rings. The van der Waals surface area contributed by atoms with Crippen molar-refractivity contribution in [3.8, 4) is 0 Å². The Morgan fingerprint density at radius 1 is 1.29 bits per heavy atom. The van der Waals surface area contributed by atoms with E-state index in [1.807, 2.05) is 0 Å². The van der Waals surface area contributed by atoms with Crippen molar-refractivity contribution in [3.05, 3.63) is 0 Å². The van der Waals surface area contributed by atoms with Gasteiger partial charge in [-0.25, -0.2) is 12.7 Å². The van der Waals surface area contributed by atoms with Crippen molar-refractivity contribution in [2.24, 2.45) is 5.92 Å². The lowest BCUT2D eigenvalue weighted by Crippen LogP contribution is -2.43. The maximum atomic E-state index is 12.2.